The number of para-hydroxylation sites is 1. The summed E-state index contributed by atoms with van der Waals surface area (Å²) in [6, 6.07) is 26.1. The lowest BCUT2D eigenvalue weighted by Crippen LogP contribution is -2.38. The van der Waals surface area contributed by atoms with Crippen molar-refractivity contribution < 1.29 is 9.21 Å². The summed E-state index contributed by atoms with van der Waals surface area (Å²) in [6.07, 6.45) is 3.06. The minimum atomic E-state index is -0.490. The van der Waals surface area contributed by atoms with Gasteiger partial charge in [-0.15, -0.1) is 0 Å². The molecule has 0 aliphatic heterocycles. The van der Waals surface area contributed by atoms with Crippen LogP contribution < -0.4 is 5.56 Å². The summed E-state index contributed by atoms with van der Waals surface area (Å²) in [7, 11) is 0. The number of carbonyl (C=O) groups is 1. The Morgan fingerprint density at radius 1 is 0.947 bits per heavy atom. The highest BCUT2D eigenvalue weighted by Gasteiger charge is 2.31. The molecule has 0 spiro atoms. The van der Waals surface area contributed by atoms with Crippen LogP contribution in [-0.2, 0) is 13.0 Å². The molecule has 38 heavy (non-hydrogen) atoms. The Kier molecular flexibility index (Phi) is 7.22. The topological polar surface area (TPSA) is 68.3 Å². The quantitative estimate of drug-likeness (QED) is 0.237. The molecule has 0 saturated heterocycles. The summed E-state index contributed by atoms with van der Waals surface area (Å²) in [5.74, 6) is 1.04. The molecule has 0 saturated carbocycles. The van der Waals surface area contributed by atoms with Gasteiger partial charge in [0.1, 0.15) is 11.6 Å². The number of hydrogen-bond donors (Lipinski definition) is 0. The van der Waals surface area contributed by atoms with E-state index in [9.17, 15) is 9.59 Å². The lowest BCUT2D eigenvalue weighted by molar-refractivity contribution is 0.0623. The van der Waals surface area contributed by atoms with Crippen molar-refractivity contribution in [1.29, 1.82) is 0 Å². The van der Waals surface area contributed by atoms with Crippen LogP contribution in [0.5, 0.6) is 0 Å². The van der Waals surface area contributed by atoms with Crippen molar-refractivity contribution >= 4 is 16.8 Å². The number of furan rings is 1. The zero-order valence-corrected chi connectivity index (χ0v) is 21.9. The van der Waals surface area contributed by atoms with E-state index in [1.54, 1.807) is 21.8 Å². The fourth-order valence-electron chi connectivity index (χ4n) is 4.91. The lowest BCUT2D eigenvalue weighted by Gasteiger charge is -2.32. The van der Waals surface area contributed by atoms with Gasteiger partial charge < -0.3 is 9.32 Å². The molecule has 0 bridgehead atoms. The first-order valence-electron chi connectivity index (χ1n) is 13.0. The molecule has 6 heteroatoms. The molecule has 0 N–H and O–H groups in total. The van der Waals surface area contributed by atoms with Gasteiger partial charge in [0.25, 0.3) is 11.5 Å². The summed E-state index contributed by atoms with van der Waals surface area (Å²) < 4.78 is 7.33. The van der Waals surface area contributed by atoms with Crippen LogP contribution in [0.15, 0.2) is 100 Å². The molecule has 0 fully saturated rings. The van der Waals surface area contributed by atoms with Crippen LogP contribution in [0.3, 0.4) is 0 Å². The molecular formula is C32H31N3O3. The van der Waals surface area contributed by atoms with Crippen LogP contribution in [0.1, 0.15) is 59.4 Å². The first-order valence-corrected chi connectivity index (χ1v) is 13.0. The van der Waals surface area contributed by atoms with Crippen LogP contribution in [0.4, 0.5) is 0 Å². The molecule has 5 aromatic rings. The van der Waals surface area contributed by atoms with E-state index in [0.717, 1.165) is 17.7 Å². The van der Waals surface area contributed by atoms with E-state index in [4.69, 9.17) is 9.40 Å². The number of carbonyl (C=O) groups excluding carboxylic acids is 1. The van der Waals surface area contributed by atoms with E-state index in [1.165, 1.54) is 5.56 Å². The van der Waals surface area contributed by atoms with Gasteiger partial charge in [-0.1, -0.05) is 56.3 Å². The molecule has 6 nitrogen and oxygen atoms in total. The van der Waals surface area contributed by atoms with Gasteiger partial charge >= 0.3 is 0 Å². The van der Waals surface area contributed by atoms with Gasteiger partial charge in [-0.05, 0) is 73.4 Å². The molecule has 1 amide bonds. The molecule has 0 aliphatic carbocycles. The van der Waals surface area contributed by atoms with Crippen molar-refractivity contribution in [2.24, 2.45) is 0 Å². The maximum atomic E-state index is 14.1. The molecule has 2 aromatic heterocycles. The predicted octanol–water partition coefficient (Wildman–Crippen LogP) is 6.64. The number of fused-ring (bicyclic) bond motifs is 1. The third-order valence-corrected chi connectivity index (χ3v) is 7.01. The zero-order valence-electron chi connectivity index (χ0n) is 21.9. The van der Waals surface area contributed by atoms with E-state index >= 15 is 0 Å². The number of rotatable bonds is 8. The number of aryl methyl sites for hydroxylation is 2. The Morgan fingerprint density at radius 2 is 1.68 bits per heavy atom. The molecule has 0 aliphatic rings. The van der Waals surface area contributed by atoms with Gasteiger partial charge in [-0.25, -0.2) is 4.98 Å². The van der Waals surface area contributed by atoms with Crippen molar-refractivity contribution in [2.45, 2.75) is 46.2 Å². The molecule has 192 valence electrons. The maximum absolute atomic E-state index is 14.1. The summed E-state index contributed by atoms with van der Waals surface area (Å²) in [6.45, 7) is 6.28. The van der Waals surface area contributed by atoms with Crippen molar-refractivity contribution in [3.63, 3.8) is 0 Å². The lowest BCUT2D eigenvalue weighted by atomic mass is 10.0. The Hall–Kier alpha value is -4.45. The summed E-state index contributed by atoms with van der Waals surface area (Å²) in [5.41, 5.74) is 3.84. The second kappa shape index (κ2) is 10.9. The van der Waals surface area contributed by atoms with E-state index in [-0.39, 0.29) is 18.0 Å². The SMILES string of the molecule is CCc1ccc(-n2c(C(CC)N(Cc3ccco3)C(=O)c3ccccc3C)nc3ccccc3c2=O)cc1. The summed E-state index contributed by atoms with van der Waals surface area (Å²) in [4.78, 5) is 34.9. The average molecular weight is 506 g/mol. The second-order valence-electron chi connectivity index (χ2n) is 9.40. The van der Waals surface area contributed by atoms with Crippen molar-refractivity contribution in [1.82, 2.24) is 14.5 Å². The Bertz CT molecular complexity index is 1620. The predicted molar refractivity (Wildman–Crippen MR) is 150 cm³/mol. The molecule has 2 heterocycles. The molecular weight excluding hydrogens is 474 g/mol. The second-order valence-corrected chi connectivity index (χ2v) is 9.40. The maximum Gasteiger partial charge on any atom is 0.266 e. The molecule has 1 atom stereocenters. The number of nitrogens with zero attached hydrogens (tertiary/aromatic N) is 3. The Labute approximate surface area is 222 Å². The van der Waals surface area contributed by atoms with Gasteiger partial charge in [0.05, 0.1) is 35.4 Å². The van der Waals surface area contributed by atoms with Crippen LogP contribution >= 0.6 is 0 Å². The van der Waals surface area contributed by atoms with Crippen LogP contribution in [0, 0.1) is 6.92 Å². The molecule has 5 rings (SSSR count). The monoisotopic (exact) mass is 505 g/mol. The minimum Gasteiger partial charge on any atom is -0.467 e. The average Bonchev–Trinajstić information content (AvgIpc) is 3.46. The third-order valence-electron chi connectivity index (χ3n) is 7.01. The number of aromatic nitrogens is 2. The Balaban J connectivity index is 1.73. The van der Waals surface area contributed by atoms with Gasteiger partial charge in [0.2, 0.25) is 0 Å². The van der Waals surface area contributed by atoms with Gasteiger partial charge in [0.15, 0.2) is 0 Å². The first kappa shape index (κ1) is 25.2. The highest BCUT2D eigenvalue weighted by Crippen LogP contribution is 2.30. The van der Waals surface area contributed by atoms with Crippen molar-refractivity contribution in [2.75, 3.05) is 0 Å². The van der Waals surface area contributed by atoms with Crippen molar-refractivity contribution in [3.05, 3.63) is 130 Å². The third kappa shape index (κ3) is 4.77. The molecule has 3 aromatic carbocycles. The van der Waals surface area contributed by atoms with E-state index in [2.05, 4.69) is 6.92 Å². The van der Waals surface area contributed by atoms with E-state index in [0.29, 0.717) is 34.5 Å². The summed E-state index contributed by atoms with van der Waals surface area (Å²) >= 11 is 0. The van der Waals surface area contributed by atoms with Crippen LogP contribution in [0.25, 0.3) is 16.6 Å². The van der Waals surface area contributed by atoms with E-state index in [1.807, 2.05) is 92.7 Å². The normalized spacial score (nSPS) is 12.0. The fourth-order valence-corrected chi connectivity index (χ4v) is 4.91. The smallest absolute Gasteiger partial charge is 0.266 e. The van der Waals surface area contributed by atoms with Gasteiger partial charge in [-0.2, -0.15) is 0 Å². The first-order chi connectivity index (χ1) is 18.5. The highest BCUT2D eigenvalue weighted by atomic mass is 16.3. The van der Waals surface area contributed by atoms with Gasteiger partial charge in [0, 0.05) is 5.56 Å². The molecule has 1 unspecified atom stereocenters. The van der Waals surface area contributed by atoms with Crippen molar-refractivity contribution in [3.8, 4) is 5.69 Å². The fraction of sp³-hybridized carbons (Fsp3) is 0.219. The number of hydrogen-bond acceptors (Lipinski definition) is 4. The number of benzene rings is 3. The number of amides is 1. The van der Waals surface area contributed by atoms with Crippen LogP contribution in [-0.4, -0.2) is 20.4 Å². The van der Waals surface area contributed by atoms with Gasteiger partial charge in [-0.3, -0.25) is 14.2 Å². The highest BCUT2D eigenvalue weighted by molar-refractivity contribution is 5.95. The zero-order chi connectivity index (χ0) is 26.6. The van der Waals surface area contributed by atoms with E-state index < -0.39 is 6.04 Å². The standard InChI is InChI=1S/C32H31N3O3/c1-4-23-16-18-24(19-17-23)35-30(33-28-15-9-8-14-27(28)32(35)37)29(5-2)34(21-25-12-10-20-38-25)31(36)26-13-7-6-11-22(26)3/h6-20,29H,4-5,21H2,1-3H3. The largest absolute Gasteiger partial charge is 0.467 e. The summed E-state index contributed by atoms with van der Waals surface area (Å²) in [5, 5.41) is 0.536. The molecule has 0 radical (unpaired) electrons. The van der Waals surface area contributed by atoms with Crippen LogP contribution in [0.2, 0.25) is 0 Å². The minimum absolute atomic E-state index is 0.137. The Morgan fingerprint density at radius 3 is 2.37 bits per heavy atom.